The van der Waals surface area contributed by atoms with Crippen molar-refractivity contribution in [2.24, 2.45) is 0 Å². The highest BCUT2D eigenvalue weighted by atomic mass is 31.2. The van der Waals surface area contributed by atoms with Crippen LogP contribution in [0.25, 0.3) is 0 Å². The van der Waals surface area contributed by atoms with Gasteiger partial charge in [-0.25, -0.2) is 8.78 Å². The van der Waals surface area contributed by atoms with E-state index in [4.69, 9.17) is 0 Å². The van der Waals surface area contributed by atoms with Gasteiger partial charge in [0.2, 0.25) is 0 Å². The van der Waals surface area contributed by atoms with Gasteiger partial charge >= 0.3 is 7.25 Å². The lowest BCUT2D eigenvalue weighted by Crippen LogP contribution is -2.35. The van der Waals surface area contributed by atoms with Crippen LogP contribution < -0.4 is 15.9 Å². The van der Waals surface area contributed by atoms with E-state index in [-0.39, 0.29) is 17.3 Å². The van der Waals surface area contributed by atoms with Crippen molar-refractivity contribution in [2.45, 2.75) is 5.66 Å². The molecule has 5 rings (SSSR count). The zero-order chi connectivity index (χ0) is 27.9. The van der Waals surface area contributed by atoms with E-state index in [2.05, 4.69) is 72.8 Å². The van der Waals surface area contributed by atoms with Crippen molar-refractivity contribution in [1.82, 2.24) is 0 Å². The molecule has 5 aromatic carbocycles. The molecule has 0 fully saturated rings. The highest BCUT2D eigenvalue weighted by Crippen LogP contribution is 2.68. The molecule has 0 unspecified atom stereocenters. The molecule has 0 saturated heterocycles. The predicted molar refractivity (Wildman–Crippen MR) is 150 cm³/mol. The average molecular weight is 552 g/mol. The lowest BCUT2D eigenvalue weighted by Gasteiger charge is -2.35. The molecule has 0 aliphatic rings. The third-order valence-electron chi connectivity index (χ3n) is 6.25. The van der Waals surface area contributed by atoms with Crippen molar-refractivity contribution in [1.29, 1.82) is 0 Å². The summed E-state index contributed by atoms with van der Waals surface area (Å²) < 4.78 is 67.1. The first kappa shape index (κ1) is 28.2. The van der Waals surface area contributed by atoms with Gasteiger partial charge < -0.3 is 17.3 Å². The van der Waals surface area contributed by atoms with Crippen LogP contribution in [-0.4, -0.2) is 7.25 Å². The second-order valence-electron chi connectivity index (χ2n) is 8.73. The highest BCUT2D eigenvalue weighted by molar-refractivity contribution is 7.96. The van der Waals surface area contributed by atoms with E-state index in [1.54, 1.807) is 0 Å². The predicted octanol–water partition coefficient (Wildman–Crippen LogP) is 8.35. The van der Waals surface area contributed by atoms with Gasteiger partial charge in [0.1, 0.15) is 40.5 Å². The molecule has 0 aromatic heterocycles. The Hall–Kier alpha value is -3.83. The molecule has 0 bridgehead atoms. The summed E-state index contributed by atoms with van der Waals surface area (Å²) in [6.07, 6.45) is 0. The van der Waals surface area contributed by atoms with Crippen LogP contribution in [0.5, 0.6) is 0 Å². The van der Waals surface area contributed by atoms with Gasteiger partial charge in [-0.3, -0.25) is 0 Å². The average Bonchev–Trinajstić information content (AvgIpc) is 2.94. The highest BCUT2D eigenvalue weighted by Gasteiger charge is 2.53. The van der Waals surface area contributed by atoms with Crippen molar-refractivity contribution in [2.75, 3.05) is 0 Å². The molecule has 0 atom stereocenters. The number of benzene rings is 5. The van der Waals surface area contributed by atoms with E-state index in [0.29, 0.717) is 0 Å². The summed E-state index contributed by atoms with van der Waals surface area (Å²) in [5.41, 5.74) is 1.86. The first-order valence-electron chi connectivity index (χ1n) is 12.1. The van der Waals surface area contributed by atoms with Crippen LogP contribution >= 0.6 is 7.26 Å². The van der Waals surface area contributed by atoms with Crippen LogP contribution in [-0.2, 0) is 0 Å². The van der Waals surface area contributed by atoms with Gasteiger partial charge in [0, 0.05) is 0 Å². The van der Waals surface area contributed by atoms with Gasteiger partial charge in [-0.15, -0.1) is 0 Å². The van der Waals surface area contributed by atoms with Gasteiger partial charge in [-0.1, -0.05) is 78.9 Å². The van der Waals surface area contributed by atoms with Crippen molar-refractivity contribution in [3.05, 3.63) is 162 Å². The summed E-state index contributed by atoms with van der Waals surface area (Å²) in [5.74, 6) is -0.547. The fraction of sp³-hybridized carbons (Fsp3) is 0.0323. The van der Waals surface area contributed by atoms with Crippen LogP contribution in [0.15, 0.2) is 140 Å². The summed E-state index contributed by atoms with van der Waals surface area (Å²) in [7, 11) is -8.38. The zero-order valence-corrected chi connectivity index (χ0v) is 21.5. The molecule has 0 N–H and O–H groups in total. The van der Waals surface area contributed by atoms with E-state index in [0.717, 1.165) is 11.1 Å². The Morgan fingerprint density at radius 1 is 0.410 bits per heavy atom. The van der Waals surface area contributed by atoms with Crippen LogP contribution in [0.3, 0.4) is 0 Å². The van der Waals surface area contributed by atoms with Crippen LogP contribution in [0.1, 0.15) is 16.8 Å². The third kappa shape index (κ3) is 6.79. The minimum atomic E-state index is -6.00. The summed E-state index contributed by atoms with van der Waals surface area (Å²) in [5, 5.41) is 3.64. The molecule has 0 aliphatic carbocycles. The Bertz CT molecular complexity index is 1300. The molecular weight excluding hydrogens is 528 g/mol. The maximum Gasteiger partial charge on any atom is 0.673 e. The summed E-state index contributed by atoms with van der Waals surface area (Å²) in [6, 6.07) is 45.2. The number of rotatable bonds is 6. The van der Waals surface area contributed by atoms with Gasteiger partial charge in [0.25, 0.3) is 0 Å². The second kappa shape index (κ2) is 12.4. The molecule has 0 heterocycles. The Morgan fingerprint density at radius 3 is 0.923 bits per heavy atom. The minimum Gasteiger partial charge on any atom is -0.418 e. The fourth-order valence-corrected chi connectivity index (χ4v) is 9.77. The van der Waals surface area contributed by atoms with Crippen molar-refractivity contribution >= 4 is 30.4 Å². The Labute approximate surface area is 224 Å². The molecule has 0 nitrogen and oxygen atoms in total. The molecule has 0 aliphatic heterocycles. The standard InChI is InChI=1S/C31H24F2P.BF4/c32-26-20-16-24(17-21-26)31(25-18-22-27(33)23-19-25)34(28-10-4-1-5-11-28,29-12-6-2-7-13-29)30-14-8-3-9-15-30;2-1(3,4)5/h1-23,31H;/q+1;-1. The van der Waals surface area contributed by atoms with E-state index in [1.807, 2.05) is 42.5 Å². The molecule has 198 valence electrons. The second-order valence-corrected chi connectivity index (χ2v) is 12.2. The summed E-state index contributed by atoms with van der Waals surface area (Å²) in [6.45, 7) is 0. The van der Waals surface area contributed by atoms with Crippen molar-refractivity contribution < 1.29 is 26.0 Å². The van der Waals surface area contributed by atoms with Gasteiger partial charge in [0.15, 0.2) is 0 Å². The topological polar surface area (TPSA) is 0 Å². The first-order chi connectivity index (χ1) is 18.7. The zero-order valence-electron chi connectivity index (χ0n) is 20.6. The molecule has 0 radical (unpaired) electrons. The minimum absolute atomic E-state index is 0.138. The Balaban J connectivity index is 0.000000648. The van der Waals surface area contributed by atoms with Gasteiger partial charge in [-0.2, -0.15) is 0 Å². The molecule has 0 amide bonds. The van der Waals surface area contributed by atoms with E-state index >= 15 is 0 Å². The lowest BCUT2D eigenvalue weighted by atomic mass is 10.0. The lowest BCUT2D eigenvalue weighted by molar-refractivity contribution is 0.368. The maximum atomic E-state index is 14.0. The summed E-state index contributed by atoms with van der Waals surface area (Å²) >= 11 is 0. The SMILES string of the molecule is F[B-](F)(F)F.Fc1ccc(C(c2ccc(F)cc2)[P+](c2ccccc2)(c2ccccc2)c2ccccc2)cc1. The van der Waals surface area contributed by atoms with E-state index in [1.165, 1.54) is 40.2 Å². The molecule has 39 heavy (non-hydrogen) atoms. The first-order valence-corrected chi connectivity index (χ1v) is 14.0. The maximum absolute atomic E-state index is 14.0. The number of halogens is 6. The molecule has 0 spiro atoms. The van der Waals surface area contributed by atoms with Gasteiger partial charge in [0.05, 0.1) is 0 Å². The van der Waals surface area contributed by atoms with Crippen LogP contribution in [0.2, 0.25) is 0 Å². The third-order valence-corrected chi connectivity index (χ3v) is 11.0. The quantitative estimate of drug-likeness (QED) is 0.113. The largest absolute Gasteiger partial charge is 0.673 e. The normalized spacial score (nSPS) is 11.6. The molecule has 5 aromatic rings. The van der Waals surface area contributed by atoms with Crippen molar-refractivity contribution in [3.8, 4) is 0 Å². The van der Waals surface area contributed by atoms with Crippen molar-refractivity contribution in [3.63, 3.8) is 0 Å². The van der Waals surface area contributed by atoms with E-state index in [9.17, 15) is 26.0 Å². The van der Waals surface area contributed by atoms with Crippen LogP contribution in [0.4, 0.5) is 26.0 Å². The van der Waals surface area contributed by atoms with Gasteiger partial charge in [-0.05, 0) is 71.8 Å². The summed E-state index contributed by atoms with van der Waals surface area (Å²) in [4.78, 5) is 0. The number of hydrogen-bond donors (Lipinski definition) is 0. The number of hydrogen-bond acceptors (Lipinski definition) is 0. The molecule has 0 saturated carbocycles. The molecule has 8 heteroatoms. The fourth-order valence-electron chi connectivity index (χ4n) is 4.81. The Morgan fingerprint density at radius 2 is 0.667 bits per heavy atom. The van der Waals surface area contributed by atoms with Crippen LogP contribution in [0, 0.1) is 11.6 Å². The van der Waals surface area contributed by atoms with E-state index < -0.39 is 14.5 Å². The Kier molecular flexibility index (Phi) is 8.93. The smallest absolute Gasteiger partial charge is 0.418 e. The monoisotopic (exact) mass is 552 g/mol. The molecular formula is C31H24BF6P.